The molecule has 5 heteroatoms. The summed E-state index contributed by atoms with van der Waals surface area (Å²) in [5.41, 5.74) is 36.0. The molecule has 0 N–H and O–H groups in total. The molecular weight excluding hydrogens is 1010 g/mol. The Hall–Kier alpha value is -9.32. The van der Waals surface area contributed by atoms with Gasteiger partial charge in [-0.3, -0.25) is 0 Å². The van der Waals surface area contributed by atoms with Crippen LogP contribution in [0.15, 0.2) is 152 Å². The van der Waals surface area contributed by atoms with E-state index >= 15 is 0 Å². The molecule has 17 rings (SSSR count). The van der Waals surface area contributed by atoms with Crippen LogP contribution >= 0.6 is 0 Å². The second kappa shape index (κ2) is 16.7. The van der Waals surface area contributed by atoms with E-state index in [-0.39, 0.29) is 6.71 Å². The molecule has 398 valence electrons. The Morgan fingerprint density at radius 3 is 0.952 bits per heavy atom. The summed E-state index contributed by atoms with van der Waals surface area (Å²) >= 11 is 0. The second-order valence-electron chi connectivity index (χ2n) is 25.1. The van der Waals surface area contributed by atoms with Crippen molar-refractivity contribution < 1.29 is 9.47 Å². The molecule has 2 aliphatic heterocycles. The highest BCUT2D eigenvalue weighted by molar-refractivity contribution is 6.98. The summed E-state index contributed by atoms with van der Waals surface area (Å²) in [6.45, 7) is 26.7. The smallest absolute Gasteiger partial charge is 0.260 e. The maximum absolute atomic E-state index is 7.45. The Bertz CT molecular complexity index is 5050. The average Bonchev–Trinajstić information content (AvgIpc) is 1.77. The lowest BCUT2D eigenvalue weighted by atomic mass is 9.34. The van der Waals surface area contributed by atoms with E-state index in [1.165, 1.54) is 176 Å². The summed E-state index contributed by atoms with van der Waals surface area (Å²) in [7, 11) is 0. The lowest BCUT2D eigenvalue weighted by Crippen LogP contribution is -2.57. The highest BCUT2D eigenvalue weighted by atomic mass is 16.5. The van der Waals surface area contributed by atoms with Crippen LogP contribution in [0.25, 0.3) is 121 Å². The minimum Gasteiger partial charge on any atom is -0.456 e. The first-order valence-electron chi connectivity index (χ1n) is 29.5. The molecule has 83 heavy (non-hydrogen) atoms. The zero-order valence-corrected chi connectivity index (χ0v) is 49.2. The van der Waals surface area contributed by atoms with Crippen molar-refractivity contribution >= 4 is 99.3 Å². The molecule has 4 nitrogen and oxygen atoms in total. The van der Waals surface area contributed by atoms with Gasteiger partial charge in [0.2, 0.25) is 0 Å². The molecule has 0 fully saturated rings. The van der Waals surface area contributed by atoms with E-state index in [0.29, 0.717) is 0 Å². The number of aryl methyl sites for hydroxylation is 12. The molecule has 0 unspecified atom stereocenters. The molecule has 0 bridgehead atoms. The standard InChI is InChI=1S/C78H61BN2O2/c1-38-24-42(5)68(43(6)25-38)50-16-22-64-56(32-50)60-36-52(70-46(9)28-40(3)29-47(70)10)34-58-54-18-20-62-77(75(54)80(64)73(58)60)82-66-14-13-15-67-72(66)79(62)63-21-19-55-59-35-53(71-48(11)30-41(4)31-49(71)12)37-61-57-33-51(69-44(7)26-39(2)27-45(69)8)17-23-65(57)81(74(59)61)76(55)78(63)83-67/h13-37H,1-12H3. The van der Waals surface area contributed by atoms with Gasteiger partial charge in [0.15, 0.2) is 0 Å². The fraction of sp³-hybridized carbons (Fsp3) is 0.154. The van der Waals surface area contributed by atoms with Gasteiger partial charge in [0.1, 0.15) is 23.0 Å². The van der Waals surface area contributed by atoms with Crippen LogP contribution in [0.1, 0.15) is 66.8 Å². The normalized spacial score (nSPS) is 13.0. The van der Waals surface area contributed by atoms with Crippen LogP contribution in [0.2, 0.25) is 0 Å². The summed E-state index contributed by atoms with van der Waals surface area (Å²) in [6.07, 6.45) is 0. The molecule has 11 aromatic carbocycles. The van der Waals surface area contributed by atoms with Gasteiger partial charge in [-0.05, 0) is 244 Å². The third-order valence-corrected chi connectivity index (χ3v) is 19.3. The highest BCUT2D eigenvalue weighted by Gasteiger charge is 2.43. The first-order valence-corrected chi connectivity index (χ1v) is 29.5. The van der Waals surface area contributed by atoms with Crippen LogP contribution in [-0.2, 0) is 0 Å². The molecule has 0 spiro atoms. The SMILES string of the molecule is Cc1cc(C)c(-c2ccc3c(c2)c2cc(-c4c(C)cc(C)cc4C)cc4c5ccc6c(c5n3c24)Oc2cccc3c2B6c2ccc4c5cc(-c6c(C)cc(C)cc6C)cc6c7cc(-c8c(C)cc(C)cc8C)ccc7n(c4c2O3)c65)c(C)c1. The van der Waals surface area contributed by atoms with Crippen LogP contribution in [0.4, 0.5) is 0 Å². The highest BCUT2D eigenvalue weighted by Crippen LogP contribution is 2.51. The van der Waals surface area contributed by atoms with E-state index in [9.17, 15) is 0 Å². The topological polar surface area (TPSA) is 27.3 Å². The Balaban J connectivity index is 0.947. The van der Waals surface area contributed by atoms with E-state index < -0.39 is 0 Å². The molecule has 0 radical (unpaired) electrons. The zero-order chi connectivity index (χ0) is 56.5. The fourth-order valence-electron chi connectivity index (χ4n) is 16.7. The summed E-state index contributed by atoms with van der Waals surface area (Å²) in [5, 5.41) is 9.83. The zero-order valence-electron chi connectivity index (χ0n) is 49.2. The van der Waals surface area contributed by atoms with Crippen LogP contribution in [-0.4, -0.2) is 15.5 Å². The van der Waals surface area contributed by atoms with Crippen LogP contribution in [0, 0.1) is 83.1 Å². The van der Waals surface area contributed by atoms with E-state index in [0.717, 1.165) is 50.4 Å². The Labute approximate surface area is 483 Å². The van der Waals surface area contributed by atoms with E-state index in [1.54, 1.807) is 0 Å². The van der Waals surface area contributed by atoms with E-state index in [1.807, 2.05) is 0 Å². The van der Waals surface area contributed by atoms with Gasteiger partial charge in [-0.1, -0.05) is 113 Å². The van der Waals surface area contributed by atoms with Gasteiger partial charge in [0, 0.05) is 48.6 Å². The number of benzene rings is 11. The molecule has 15 aromatic rings. The number of aromatic nitrogens is 2. The number of hydrogen-bond acceptors (Lipinski definition) is 2. The number of rotatable bonds is 4. The van der Waals surface area contributed by atoms with Gasteiger partial charge in [-0.2, -0.15) is 0 Å². The number of ether oxygens (including phenoxy) is 2. The molecule has 0 amide bonds. The predicted octanol–water partition coefficient (Wildman–Crippen LogP) is 19.1. The molecular formula is C78H61BN2O2. The lowest BCUT2D eigenvalue weighted by Gasteiger charge is -2.33. The van der Waals surface area contributed by atoms with Crippen molar-refractivity contribution in [3.05, 3.63) is 218 Å². The number of nitrogens with zero attached hydrogens (tertiary/aromatic N) is 2. The number of fused-ring (bicyclic) bond motifs is 18. The van der Waals surface area contributed by atoms with Crippen LogP contribution in [0.3, 0.4) is 0 Å². The van der Waals surface area contributed by atoms with Crippen molar-refractivity contribution in [2.75, 3.05) is 0 Å². The van der Waals surface area contributed by atoms with E-state index in [4.69, 9.17) is 9.47 Å². The maximum Gasteiger partial charge on any atom is 0.260 e. The van der Waals surface area contributed by atoms with Gasteiger partial charge < -0.3 is 18.3 Å². The fourth-order valence-corrected chi connectivity index (χ4v) is 16.7. The third-order valence-electron chi connectivity index (χ3n) is 19.3. The van der Waals surface area contributed by atoms with Crippen molar-refractivity contribution in [1.82, 2.24) is 8.80 Å². The molecule has 0 aliphatic carbocycles. The van der Waals surface area contributed by atoms with Gasteiger partial charge in [-0.15, -0.1) is 0 Å². The summed E-state index contributed by atoms with van der Waals surface area (Å²) in [6, 6.07) is 58.6. The van der Waals surface area contributed by atoms with Gasteiger partial charge >= 0.3 is 0 Å². The second-order valence-corrected chi connectivity index (χ2v) is 25.1. The minimum atomic E-state index is -0.161. The Morgan fingerprint density at radius 2 is 0.602 bits per heavy atom. The van der Waals surface area contributed by atoms with Crippen molar-refractivity contribution in [3.8, 4) is 67.5 Å². The minimum absolute atomic E-state index is 0.161. The molecule has 6 heterocycles. The molecule has 0 saturated heterocycles. The lowest BCUT2D eigenvalue weighted by molar-refractivity contribution is 0.468. The predicted molar refractivity (Wildman–Crippen MR) is 352 cm³/mol. The molecule has 2 aliphatic rings. The van der Waals surface area contributed by atoms with Crippen LogP contribution < -0.4 is 25.9 Å². The monoisotopic (exact) mass is 1070 g/mol. The molecule has 0 atom stereocenters. The van der Waals surface area contributed by atoms with Crippen molar-refractivity contribution in [2.24, 2.45) is 0 Å². The van der Waals surface area contributed by atoms with Gasteiger partial charge in [0.05, 0.1) is 33.1 Å². The summed E-state index contributed by atoms with van der Waals surface area (Å²) < 4.78 is 20.0. The summed E-state index contributed by atoms with van der Waals surface area (Å²) in [5.74, 6) is 3.47. The maximum atomic E-state index is 7.45. The van der Waals surface area contributed by atoms with Crippen molar-refractivity contribution in [2.45, 2.75) is 83.1 Å². The van der Waals surface area contributed by atoms with Crippen molar-refractivity contribution in [1.29, 1.82) is 0 Å². The van der Waals surface area contributed by atoms with E-state index in [2.05, 4.69) is 244 Å². The van der Waals surface area contributed by atoms with Crippen molar-refractivity contribution in [3.63, 3.8) is 0 Å². The first-order chi connectivity index (χ1) is 40.1. The quantitative estimate of drug-likeness (QED) is 0.164. The largest absolute Gasteiger partial charge is 0.456 e. The molecule has 0 saturated carbocycles. The van der Waals surface area contributed by atoms with Crippen LogP contribution in [0.5, 0.6) is 23.0 Å². The summed E-state index contributed by atoms with van der Waals surface area (Å²) in [4.78, 5) is 0. The Kier molecular flexibility index (Phi) is 9.72. The van der Waals surface area contributed by atoms with Gasteiger partial charge in [-0.25, -0.2) is 0 Å². The molecule has 4 aromatic heterocycles. The first kappa shape index (κ1) is 48.4. The average molecular weight is 1070 g/mol. The third kappa shape index (κ3) is 6.48. The Morgan fingerprint density at radius 1 is 0.289 bits per heavy atom. The number of hydrogen-bond donors (Lipinski definition) is 0. The van der Waals surface area contributed by atoms with Gasteiger partial charge in [0.25, 0.3) is 6.71 Å².